The van der Waals surface area contributed by atoms with Crippen LogP contribution in [0.4, 0.5) is 4.79 Å². The normalized spacial score (nSPS) is 8.67. The second-order valence-corrected chi connectivity index (χ2v) is 1.82. The highest BCUT2D eigenvalue weighted by Crippen LogP contribution is 2.07. The van der Waals surface area contributed by atoms with Crippen LogP contribution in [0, 0.1) is 0 Å². The first kappa shape index (κ1) is 8.26. The van der Waals surface area contributed by atoms with Gasteiger partial charge in [-0.2, -0.15) is 0 Å². The average molecular weight is 165 g/mol. The SMILES string of the molecule is C=COC(=O)Oc1ccncc1. The number of rotatable bonds is 2. The van der Waals surface area contributed by atoms with Crippen molar-refractivity contribution in [3.05, 3.63) is 37.4 Å². The fraction of sp³-hybridized carbons (Fsp3) is 0. The van der Waals surface area contributed by atoms with Crippen LogP contribution in [0.5, 0.6) is 5.75 Å². The Kier molecular flexibility index (Phi) is 2.84. The molecule has 1 heterocycles. The Morgan fingerprint density at radius 1 is 1.50 bits per heavy atom. The van der Waals surface area contributed by atoms with Gasteiger partial charge in [0.15, 0.2) is 0 Å². The average Bonchev–Trinajstić information content (AvgIpc) is 2.06. The minimum Gasteiger partial charge on any atom is -0.403 e. The molecular weight excluding hydrogens is 158 g/mol. The highest BCUT2D eigenvalue weighted by molar-refractivity contribution is 5.64. The highest BCUT2D eigenvalue weighted by Gasteiger charge is 2.01. The molecule has 4 heteroatoms. The third-order valence-corrected chi connectivity index (χ3v) is 1.03. The second kappa shape index (κ2) is 4.12. The summed E-state index contributed by atoms with van der Waals surface area (Å²) in [6.07, 6.45) is 3.22. The largest absolute Gasteiger partial charge is 0.518 e. The number of carbonyl (C=O) groups is 1. The molecule has 0 fully saturated rings. The van der Waals surface area contributed by atoms with Crippen molar-refractivity contribution in [2.75, 3.05) is 0 Å². The molecule has 4 nitrogen and oxygen atoms in total. The van der Waals surface area contributed by atoms with E-state index in [4.69, 9.17) is 0 Å². The predicted octanol–water partition coefficient (Wildman–Crippen LogP) is 1.74. The van der Waals surface area contributed by atoms with Gasteiger partial charge < -0.3 is 9.47 Å². The van der Waals surface area contributed by atoms with E-state index >= 15 is 0 Å². The summed E-state index contributed by atoms with van der Waals surface area (Å²) in [5.41, 5.74) is 0. The molecule has 0 aliphatic rings. The van der Waals surface area contributed by atoms with Crippen molar-refractivity contribution in [3.8, 4) is 5.75 Å². The molecule has 0 bridgehead atoms. The number of ether oxygens (including phenoxy) is 2. The van der Waals surface area contributed by atoms with Crippen LogP contribution in [-0.2, 0) is 4.74 Å². The lowest BCUT2D eigenvalue weighted by atomic mass is 10.5. The topological polar surface area (TPSA) is 48.4 Å². The van der Waals surface area contributed by atoms with Gasteiger partial charge in [0.1, 0.15) is 5.75 Å². The van der Waals surface area contributed by atoms with E-state index in [9.17, 15) is 4.79 Å². The van der Waals surface area contributed by atoms with E-state index in [2.05, 4.69) is 21.0 Å². The summed E-state index contributed by atoms with van der Waals surface area (Å²) in [6.45, 7) is 3.21. The molecule has 0 aliphatic heterocycles. The molecule has 1 aromatic heterocycles. The van der Waals surface area contributed by atoms with Crippen LogP contribution < -0.4 is 4.74 Å². The van der Waals surface area contributed by atoms with Crippen molar-refractivity contribution < 1.29 is 14.3 Å². The van der Waals surface area contributed by atoms with Crippen molar-refractivity contribution in [3.63, 3.8) is 0 Å². The first-order valence-electron chi connectivity index (χ1n) is 3.22. The first-order chi connectivity index (χ1) is 5.83. The maximum atomic E-state index is 10.7. The predicted molar refractivity (Wildman–Crippen MR) is 41.5 cm³/mol. The zero-order valence-electron chi connectivity index (χ0n) is 6.27. The van der Waals surface area contributed by atoms with Crippen molar-refractivity contribution in [2.24, 2.45) is 0 Å². The van der Waals surface area contributed by atoms with Gasteiger partial charge in [0.25, 0.3) is 0 Å². The van der Waals surface area contributed by atoms with Crippen LogP contribution in [0.2, 0.25) is 0 Å². The zero-order chi connectivity index (χ0) is 8.81. The molecule has 0 unspecified atom stereocenters. The lowest BCUT2D eigenvalue weighted by Gasteiger charge is -1.99. The van der Waals surface area contributed by atoms with Crippen molar-refractivity contribution >= 4 is 6.16 Å². The Hall–Kier alpha value is -1.84. The smallest absolute Gasteiger partial charge is 0.403 e. The lowest BCUT2D eigenvalue weighted by Crippen LogP contribution is -2.06. The van der Waals surface area contributed by atoms with Gasteiger partial charge in [-0.15, -0.1) is 0 Å². The molecule has 12 heavy (non-hydrogen) atoms. The molecule has 0 N–H and O–H groups in total. The van der Waals surface area contributed by atoms with Crippen LogP contribution in [0.15, 0.2) is 37.4 Å². The summed E-state index contributed by atoms with van der Waals surface area (Å²) in [5.74, 6) is 0.386. The van der Waals surface area contributed by atoms with Crippen molar-refractivity contribution in [1.82, 2.24) is 4.98 Å². The van der Waals surface area contributed by atoms with Gasteiger partial charge in [-0.05, 0) is 12.1 Å². The van der Waals surface area contributed by atoms with Gasteiger partial charge >= 0.3 is 6.16 Å². The second-order valence-electron chi connectivity index (χ2n) is 1.82. The van der Waals surface area contributed by atoms with Crippen molar-refractivity contribution in [2.45, 2.75) is 0 Å². The maximum Gasteiger partial charge on any atom is 0.518 e. The molecule has 0 radical (unpaired) electrons. The fourth-order valence-electron chi connectivity index (χ4n) is 0.595. The minimum absolute atomic E-state index is 0.386. The van der Waals surface area contributed by atoms with E-state index in [1.54, 1.807) is 12.1 Å². The Balaban J connectivity index is 2.52. The van der Waals surface area contributed by atoms with Crippen LogP contribution in [0.25, 0.3) is 0 Å². The summed E-state index contributed by atoms with van der Waals surface area (Å²) in [4.78, 5) is 14.4. The molecule has 0 amide bonds. The van der Waals surface area contributed by atoms with Crippen LogP contribution >= 0.6 is 0 Å². The maximum absolute atomic E-state index is 10.7. The lowest BCUT2D eigenvalue weighted by molar-refractivity contribution is 0.136. The van der Waals surface area contributed by atoms with Crippen LogP contribution in [-0.4, -0.2) is 11.1 Å². The summed E-state index contributed by atoms with van der Waals surface area (Å²) >= 11 is 0. The monoisotopic (exact) mass is 165 g/mol. The standard InChI is InChI=1S/C8H7NO3/c1-2-11-8(10)12-7-3-5-9-6-4-7/h2-6H,1H2. The van der Waals surface area contributed by atoms with Gasteiger partial charge in [0, 0.05) is 12.4 Å². The summed E-state index contributed by atoms with van der Waals surface area (Å²) in [5, 5.41) is 0. The van der Waals surface area contributed by atoms with E-state index in [1.807, 2.05) is 0 Å². The van der Waals surface area contributed by atoms with Gasteiger partial charge in [-0.3, -0.25) is 4.98 Å². The minimum atomic E-state index is -0.809. The Labute approximate surface area is 69.4 Å². The molecule has 0 atom stereocenters. The molecule has 1 aromatic rings. The third kappa shape index (κ3) is 2.42. The van der Waals surface area contributed by atoms with E-state index in [-0.39, 0.29) is 0 Å². The Morgan fingerprint density at radius 2 is 2.17 bits per heavy atom. The number of hydrogen-bond donors (Lipinski definition) is 0. The van der Waals surface area contributed by atoms with Crippen LogP contribution in [0.1, 0.15) is 0 Å². The summed E-state index contributed by atoms with van der Waals surface area (Å²) in [6, 6.07) is 3.09. The summed E-state index contributed by atoms with van der Waals surface area (Å²) in [7, 11) is 0. The van der Waals surface area contributed by atoms with Gasteiger partial charge in [-0.1, -0.05) is 6.58 Å². The van der Waals surface area contributed by atoms with Gasteiger partial charge in [0.05, 0.1) is 6.26 Å². The molecule has 0 aliphatic carbocycles. The number of hydrogen-bond acceptors (Lipinski definition) is 4. The molecule has 0 saturated heterocycles. The van der Waals surface area contributed by atoms with E-state index in [1.165, 1.54) is 12.4 Å². The number of carbonyl (C=O) groups excluding carboxylic acids is 1. The number of pyridine rings is 1. The quantitative estimate of drug-likeness (QED) is 0.494. The molecule has 0 saturated carbocycles. The highest BCUT2D eigenvalue weighted by atomic mass is 16.7. The molecule has 0 spiro atoms. The van der Waals surface area contributed by atoms with E-state index in [0.29, 0.717) is 5.75 Å². The first-order valence-corrected chi connectivity index (χ1v) is 3.22. The fourth-order valence-corrected chi connectivity index (χ4v) is 0.595. The Bertz CT molecular complexity index is 271. The number of aromatic nitrogens is 1. The summed E-state index contributed by atoms with van der Waals surface area (Å²) < 4.78 is 9.01. The Morgan fingerprint density at radius 3 is 2.75 bits per heavy atom. The van der Waals surface area contributed by atoms with Gasteiger partial charge in [-0.25, -0.2) is 4.79 Å². The van der Waals surface area contributed by atoms with Crippen molar-refractivity contribution in [1.29, 1.82) is 0 Å². The van der Waals surface area contributed by atoms with Gasteiger partial charge in [0.2, 0.25) is 0 Å². The molecule has 62 valence electrons. The van der Waals surface area contributed by atoms with E-state index < -0.39 is 6.16 Å². The molecular formula is C8H7NO3. The van der Waals surface area contributed by atoms with Crippen LogP contribution in [0.3, 0.4) is 0 Å². The molecule has 1 rings (SSSR count). The third-order valence-electron chi connectivity index (χ3n) is 1.03. The number of nitrogens with zero attached hydrogens (tertiary/aromatic N) is 1. The zero-order valence-corrected chi connectivity index (χ0v) is 6.27. The van der Waals surface area contributed by atoms with E-state index in [0.717, 1.165) is 6.26 Å². The molecule has 0 aromatic carbocycles.